The molecule has 0 spiro atoms. The Labute approximate surface area is 195 Å². The van der Waals surface area contributed by atoms with Crippen LogP contribution in [-0.4, -0.2) is 74.4 Å². The highest BCUT2D eigenvalue weighted by atomic mass is 16.7. The first-order valence-corrected chi connectivity index (χ1v) is 12.8. The molecule has 5 rings (SSSR count). The predicted molar refractivity (Wildman–Crippen MR) is 117 cm³/mol. The van der Waals surface area contributed by atoms with Crippen molar-refractivity contribution < 1.29 is 39.8 Å². The molecule has 0 bridgehead atoms. The van der Waals surface area contributed by atoms with E-state index in [1.165, 1.54) is 12.8 Å². The van der Waals surface area contributed by atoms with E-state index in [4.69, 9.17) is 9.47 Å². The van der Waals surface area contributed by atoms with Crippen LogP contribution >= 0.6 is 0 Å². The van der Waals surface area contributed by atoms with Gasteiger partial charge in [0.1, 0.15) is 18.3 Å². The standard InChI is InChI=1S/C25H40O8/c1-24-9-7-13(26)11-12(24)3-4-14-15-5-6-17(25(15,2)10-8-16(14)24)32-23-20(29)18(27)19(28)21(33-23)22(30)31/h12-21,23,26-29H,3-11H2,1-2H3,(H,30,31)/t12-,13-,14-,15-,16-,17-,18-,19-,20+,21-,23+,24-,25-/m0/s1. The topological polar surface area (TPSA) is 137 Å². The third kappa shape index (κ3) is 3.67. The number of hydrogen-bond acceptors (Lipinski definition) is 7. The summed E-state index contributed by atoms with van der Waals surface area (Å²) in [6, 6.07) is 0. The zero-order valence-corrected chi connectivity index (χ0v) is 19.7. The summed E-state index contributed by atoms with van der Waals surface area (Å²) in [5.41, 5.74) is 0.196. The van der Waals surface area contributed by atoms with E-state index in [2.05, 4.69) is 13.8 Å². The summed E-state index contributed by atoms with van der Waals surface area (Å²) >= 11 is 0. The largest absolute Gasteiger partial charge is 0.479 e. The molecule has 13 atom stereocenters. The molecule has 8 heteroatoms. The van der Waals surface area contributed by atoms with Gasteiger partial charge in [0.2, 0.25) is 0 Å². The van der Waals surface area contributed by atoms with Gasteiger partial charge in [-0.05, 0) is 92.3 Å². The van der Waals surface area contributed by atoms with Crippen LogP contribution in [0.4, 0.5) is 0 Å². The third-order valence-electron chi connectivity index (χ3n) is 10.7. The average molecular weight is 469 g/mol. The number of carboxylic acid groups (broad SMARTS) is 1. The molecule has 0 radical (unpaired) electrons. The molecule has 0 unspecified atom stereocenters. The molecule has 0 amide bonds. The van der Waals surface area contributed by atoms with Crippen LogP contribution in [0, 0.1) is 34.5 Å². The van der Waals surface area contributed by atoms with Gasteiger partial charge >= 0.3 is 5.97 Å². The lowest BCUT2D eigenvalue weighted by atomic mass is 9.45. The first kappa shape index (κ1) is 23.9. The number of ether oxygens (including phenoxy) is 2. The molecule has 0 aromatic heterocycles. The minimum absolute atomic E-state index is 0.0959. The summed E-state index contributed by atoms with van der Waals surface area (Å²) in [5.74, 6) is 0.987. The highest BCUT2D eigenvalue weighted by Gasteiger charge is 2.61. The Hall–Kier alpha value is -0.770. The first-order valence-electron chi connectivity index (χ1n) is 12.8. The molecule has 5 aliphatic rings. The van der Waals surface area contributed by atoms with Gasteiger partial charge in [0, 0.05) is 0 Å². The number of carbonyl (C=O) groups is 1. The average Bonchev–Trinajstić information content (AvgIpc) is 3.10. The van der Waals surface area contributed by atoms with Crippen LogP contribution in [0.25, 0.3) is 0 Å². The van der Waals surface area contributed by atoms with Crippen LogP contribution in [0.2, 0.25) is 0 Å². The fourth-order valence-electron chi connectivity index (χ4n) is 8.74. The molecule has 0 aromatic rings. The van der Waals surface area contributed by atoms with Gasteiger partial charge in [-0.3, -0.25) is 0 Å². The number of carboxylic acids is 1. The predicted octanol–water partition coefficient (Wildman–Crippen LogP) is 1.67. The van der Waals surface area contributed by atoms with Gasteiger partial charge in [0.15, 0.2) is 12.4 Å². The zero-order valence-electron chi connectivity index (χ0n) is 19.7. The van der Waals surface area contributed by atoms with E-state index in [-0.39, 0.29) is 17.6 Å². The van der Waals surface area contributed by atoms with Gasteiger partial charge in [-0.25, -0.2) is 4.79 Å². The van der Waals surface area contributed by atoms with Gasteiger partial charge in [0.05, 0.1) is 12.2 Å². The Morgan fingerprint density at radius 3 is 2.27 bits per heavy atom. The van der Waals surface area contributed by atoms with Crippen molar-refractivity contribution in [2.75, 3.05) is 0 Å². The number of hydrogen-bond donors (Lipinski definition) is 5. The summed E-state index contributed by atoms with van der Waals surface area (Å²) in [5, 5.41) is 50.2. The number of aliphatic carboxylic acids is 1. The minimum Gasteiger partial charge on any atom is -0.479 e. The van der Waals surface area contributed by atoms with E-state index in [0.717, 1.165) is 44.9 Å². The summed E-state index contributed by atoms with van der Waals surface area (Å²) < 4.78 is 11.6. The van der Waals surface area contributed by atoms with E-state index in [0.29, 0.717) is 29.1 Å². The van der Waals surface area contributed by atoms with Gasteiger partial charge < -0.3 is 35.0 Å². The molecule has 1 heterocycles. The molecule has 188 valence electrons. The highest BCUT2D eigenvalue weighted by molar-refractivity contribution is 5.73. The second-order valence-corrected chi connectivity index (χ2v) is 12.1. The molecular weight excluding hydrogens is 428 g/mol. The number of aliphatic hydroxyl groups excluding tert-OH is 4. The van der Waals surface area contributed by atoms with Crippen LogP contribution in [0.1, 0.15) is 71.6 Å². The molecular formula is C25H40O8. The van der Waals surface area contributed by atoms with Gasteiger partial charge in [-0.1, -0.05) is 13.8 Å². The molecule has 4 saturated carbocycles. The lowest BCUT2D eigenvalue weighted by molar-refractivity contribution is -0.313. The highest BCUT2D eigenvalue weighted by Crippen LogP contribution is 2.66. The van der Waals surface area contributed by atoms with Crippen molar-refractivity contribution in [3.8, 4) is 0 Å². The Bertz CT molecular complexity index is 761. The van der Waals surface area contributed by atoms with Crippen LogP contribution in [0.15, 0.2) is 0 Å². The van der Waals surface area contributed by atoms with Gasteiger partial charge in [-0.15, -0.1) is 0 Å². The Kier molecular flexibility index (Phi) is 6.11. The van der Waals surface area contributed by atoms with Crippen molar-refractivity contribution >= 4 is 5.97 Å². The van der Waals surface area contributed by atoms with E-state index in [1.807, 2.05) is 0 Å². The van der Waals surface area contributed by atoms with Crippen molar-refractivity contribution in [3.05, 3.63) is 0 Å². The second-order valence-electron chi connectivity index (χ2n) is 12.1. The van der Waals surface area contributed by atoms with Crippen LogP contribution in [-0.2, 0) is 14.3 Å². The van der Waals surface area contributed by atoms with E-state index in [1.54, 1.807) is 0 Å². The molecule has 0 aromatic carbocycles. The fourth-order valence-corrected chi connectivity index (χ4v) is 8.74. The first-order chi connectivity index (χ1) is 15.6. The summed E-state index contributed by atoms with van der Waals surface area (Å²) in [6.45, 7) is 4.72. The smallest absolute Gasteiger partial charge is 0.335 e. The van der Waals surface area contributed by atoms with Crippen molar-refractivity contribution in [1.29, 1.82) is 0 Å². The number of aliphatic hydroxyl groups is 4. The molecule has 1 aliphatic heterocycles. The van der Waals surface area contributed by atoms with E-state index >= 15 is 0 Å². The molecule has 4 aliphatic carbocycles. The van der Waals surface area contributed by atoms with Gasteiger partial charge in [-0.2, -0.15) is 0 Å². The van der Waals surface area contributed by atoms with Crippen LogP contribution in [0.3, 0.4) is 0 Å². The Morgan fingerprint density at radius 1 is 0.848 bits per heavy atom. The Balaban J connectivity index is 1.32. The third-order valence-corrected chi connectivity index (χ3v) is 10.7. The van der Waals surface area contributed by atoms with Crippen molar-refractivity contribution in [3.63, 3.8) is 0 Å². The maximum atomic E-state index is 11.5. The summed E-state index contributed by atoms with van der Waals surface area (Å²) in [7, 11) is 0. The van der Waals surface area contributed by atoms with Crippen LogP contribution < -0.4 is 0 Å². The van der Waals surface area contributed by atoms with E-state index < -0.39 is 36.7 Å². The fraction of sp³-hybridized carbons (Fsp3) is 0.960. The quantitative estimate of drug-likeness (QED) is 0.422. The van der Waals surface area contributed by atoms with E-state index in [9.17, 15) is 30.3 Å². The SMILES string of the molecule is C[C@]12CC[C@H](O)C[C@@H]1CC[C@@H]1[C@@H]2CC[C@]2(C)[C@@H](O[C@@H]3O[C@H](C(=O)O)[C@@H](O)[C@H](O)[C@H]3O)CC[C@@H]12. The maximum Gasteiger partial charge on any atom is 0.335 e. The minimum atomic E-state index is -1.70. The molecule has 1 saturated heterocycles. The molecule has 5 fully saturated rings. The Morgan fingerprint density at radius 2 is 1.55 bits per heavy atom. The second kappa shape index (κ2) is 8.42. The van der Waals surface area contributed by atoms with Crippen LogP contribution in [0.5, 0.6) is 0 Å². The van der Waals surface area contributed by atoms with Gasteiger partial charge in [0.25, 0.3) is 0 Å². The molecule has 33 heavy (non-hydrogen) atoms. The number of fused-ring (bicyclic) bond motifs is 5. The maximum absolute atomic E-state index is 11.5. The van der Waals surface area contributed by atoms with Crippen molar-refractivity contribution in [2.45, 2.75) is 115 Å². The van der Waals surface area contributed by atoms with Crippen molar-refractivity contribution in [1.82, 2.24) is 0 Å². The van der Waals surface area contributed by atoms with Crippen molar-refractivity contribution in [2.24, 2.45) is 34.5 Å². The monoisotopic (exact) mass is 468 g/mol. The lowest BCUT2D eigenvalue weighted by Crippen LogP contribution is -2.61. The lowest BCUT2D eigenvalue weighted by Gasteiger charge is -2.61. The summed E-state index contributed by atoms with van der Waals surface area (Å²) in [6.07, 6.45) is 1.15. The zero-order chi connectivity index (χ0) is 23.7. The number of rotatable bonds is 3. The molecule has 5 N–H and O–H groups in total. The molecule has 8 nitrogen and oxygen atoms in total. The summed E-state index contributed by atoms with van der Waals surface area (Å²) in [4.78, 5) is 11.5. The normalized spacial score (nSPS) is 56.5.